The number of hydrogen-bond donors (Lipinski definition) is 0. The minimum atomic E-state index is -0.345. The van der Waals surface area contributed by atoms with Crippen molar-refractivity contribution in [2.24, 2.45) is 5.92 Å². The summed E-state index contributed by atoms with van der Waals surface area (Å²) in [4.78, 5) is 25.3. The topological polar surface area (TPSA) is 46.6 Å². The highest BCUT2D eigenvalue weighted by Crippen LogP contribution is 2.16. The molecule has 1 unspecified atom stereocenters. The third kappa shape index (κ3) is 6.03. The maximum atomic E-state index is 12.3. The maximum absolute atomic E-state index is 12.3. The fourth-order valence-corrected chi connectivity index (χ4v) is 1.97. The molecule has 0 aliphatic rings. The molecule has 0 aliphatic heterocycles. The molecule has 0 bridgehead atoms. The lowest BCUT2D eigenvalue weighted by Crippen LogP contribution is -2.40. The van der Waals surface area contributed by atoms with E-state index in [1.807, 2.05) is 13.8 Å². The van der Waals surface area contributed by atoms with Crippen molar-refractivity contribution in [1.29, 1.82) is 0 Å². The minimum absolute atomic E-state index is 0.0427. The number of carbonyl (C=O) groups excluding carboxylic acids is 2. The van der Waals surface area contributed by atoms with Crippen LogP contribution in [0.3, 0.4) is 0 Å². The first kappa shape index (κ1) is 16.9. The van der Waals surface area contributed by atoms with Gasteiger partial charge in [-0.15, -0.1) is 0 Å². The van der Waals surface area contributed by atoms with Crippen LogP contribution in [0.25, 0.3) is 0 Å². The van der Waals surface area contributed by atoms with Crippen molar-refractivity contribution >= 4 is 11.9 Å². The van der Waals surface area contributed by atoms with Crippen LogP contribution in [0.2, 0.25) is 0 Å². The molecule has 0 saturated heterocycles. The van der Waals surface area contributed by atoms with Gasteiger partial charge in [-0.05, 0) is 19.3 Å². The molecule has 106 valence electrons. The fraction of sp³-hybridized carbons (Fsp3) is 0.857. The first-order valence-corrected chi connectivity index (χ1v) is 6.96. The number of esters is 1. The summed E-state index contributed by atoms with van der Waals surface area (Å²) in [5.41, 5.74) is 0. The van der Waals surface area contributed by atoms with Gasteiger partial charge in [0.15, 0.2) is 0 Å². The zero-order chi connectivity index (χ0) is 14.0. The summed E-state index contributed by atoms with van der Waals surface area (Å²) in [6.45, 7) is 6.85. The molecule has 0 spiro atoms. The molecule has 0 aliphatic carbocycles. The monoisotopic (exact) mass is 257 g/mol. The van der Waals surface area contributed by atoms with Crippen molar-refractivity contribution in [3.05, 3.63) is 0 Å². The smallest absolute Gasteiger partial charge is 0.325 e. The Labute approximate surface area is 111 Å². The largest absolute Gasteiger partial charge is 0.468 e. The Morgan fingerprint density at radius 1 is 1.17 bits per heavy atom. The number of rotatable bonds is 9. The maximum Gasteiger partial charge on any atom is 0.325 e. The van der Waals surface area contributed by atoms with Gasteiger partial charge < -0.3 is 9.64 Å². The molecule has 1 atom stereocenters. The van der Waals surface area contributed by atoms with E-state index in [1.165, 1.54) is 7.11 Å². The molecule has 0 heterocycles. The lowest BCUT2D eigenvalue weighted by molar-refractivity contribution is -0.148. The molecule has 0 aromatic heterocycles. The Morgan fingerprint density at radius 2 is 1.83 bits per heavy atom. The average Bonchev–Trinajstić information content (AvgIpc) is 2.38. The van der Waals surface area contributed by atoms with Crippen LogP contribution < -0.4 is 0 Å². The van der Waals surface area contributed by atoms with Gasteiger partial charge >= 0.3 is 5.97 Å². The summed E-state index contributed by atoms with van der Waals surface area (Å²) < 4.78 is 4.64. The fourth-order valence-electron chi connectivity index (χ4n) is 1.97. The van der Waals surface area contributed by atoms with E-state index < -0.39 is 0 Å². The highest BCUT2D eigenvalue weighted by molar-refractivity contribution is 5.83. The van der Waals surface area contributed by atoms with Gasteiger partial charge in [0, 0.05) is 12.5 Å². The van der Waals surface area contributed by atoms with Crippen LogP contribution in [0.1, 0.15) is 52.9 Å². The van der Waals surface area contributed by atoms with Crippen molar-refractivity contribution in [3.63, 3.8) is 0 Å². The second-order valence-corrected chi connectivity index (χ2v) is 4.58. The summed E-state index contributed by atoms with van der Waals surface area (Å²) in [5, 5.41) is 0. The van der Waals surface area contributed by atoms with E-state index in [-0.39, 0.29) is 24.3 Å². The molecule has 0 N–H and O–H groups in total. The molecular formula is C14H27NO3. The van der Waals surface area contributed by atoms with Gasteiger partial charge in [0.25, 0.3) is 0 Å². The van der Waals surface area contributed by atoms with Gasteiger partial charge in [-0.3, -0.25) is 9.59 Å². The number of amides is 1. The number of carbonyl (C=O) groups is 2. The van der Waals surface area contributed by atoms with E-state index >= 15 is 0 Å². The number of ether oxygens (including phenoxy) is 1. The molecule has 18 heavy (non-hydrogen) atoms. The van der Waals surface area contributed by atoms with Crippen LogP contribution >= 0.6 is 0 Å². The summed E-state index contributed by atoms with van der Waals surface area (Å²) >= 11 is 0. The molecule has 0 aromatic rings. The van der Waals surface area contributed by atoms with E-state index in [2.05, 4.69) is 11.7 Å². The summed E-state index contributed by atoms with van der Waals surface area (Å²) in [5.74, 6) is -0.207. The van der Waals surface area contributed by atoms with E-state index in [0.717, 1.165) is 32.1 Å². The number of nitrogens with zero attached hydrogens (tertiary/aromatic N) is 1. The highest BCUT2D eigenvalue weighted by atomic mass is 16.5. The lowest BCUT2D eigenvalue weighted by Gasteiger charge is -2.25. The van der Waals surface area contributed by atoms with E-state index in [0.29, 0.717) is 6.54 Å². The Bertz CT molecular complexity index is 253. The van der Waals surface area contributed by atoms with Crippen LogP contribution in [-0.2, 0) is 14.3 Å². The number of hydrogen-bond acceptors (Lipinski definition) is 3. The number of unbranched alkanes of at least 4 members (excludes halogenated alkanes) is 1. The Hall–Kier alpha value is -1.06. The minimum Gasteiger partial charge on any atom is -0.468 e. The normalized spacial score (nSPS) is 12.0. The molecule has 0 fully saturated rings. The zero-order valence-electron chi connectivity index (χ0n) is 12.2. The van der Waals surface area contributed by atoms with Crippen molar-refractivity contribution < 1.29 is 14.3 Å². The Balaban J connectivity index is 4.54. The Morgan fingerprint density at radius 3 is 2.28 bits per heavy atom. The van der Waals surface area contributed by atoms with Gasteiger partial charge in [0.1, 0.15) is 6.54 Å². The van der Waals surface area contributed by atoms with E-state index in [1.54, 1.807) is 4.90 Å². The highest BCUT2D eigenvalue weighted by Gasteiger charge is 2.23. The van der Waals surface area contributed by atoms with E-state index in [9.17, 15) is 9.59 Å². The summed E-state index contributed by atoms with van der Waals surface area (Å²) in [6, 6.07) is 0. The molecule has 4 nitrogen and oxygen atoms in total. The van der Waals surface area contributed by atoms with Crippen LogP contribution in [0.5, 0.6) is 0 Å². The van der Waals surface area contributed by atoms with Crippen LogP contribution in [0, 0.1) is 5.92 Å². The van der Waals surface area contributed by atoms with Crippen molar-refractivity contribution in [1.82, 2.24) is 4.90 Å². The third-order valence-corrected chi connectivity index (χ3v) is 3.10. The SMILES string of the molecule is CCCCC(CC)C(=O)N(CCC)CC(=O)OC. The average molecular weight is 257 g/mol. The first-order chi connectivity index (χ1) is 8.60. The van der Waals surface area contributed by atoms with Gasteiger partial charge in [0.05, 0.1) is 7.11 Å². The standard InChI is InChI=1S/C14H27NO3/c1-5-8-9-12(7-3)14(17)15(10-6-2)11-13(16)18-4/h12H,5-11H2,1-4H3. The van der Waals surface area contributed by atoms with Crippen molar-refractivity contribution in [2.45, 2.75) is 52.9 Å². The lowest BCUT2D eigenvalue weighted by atomic mass is 9.97. The molecule has 0 radical (unpaired) electrons. The van der Waals surface area contributed by atoms with Crippen molar-refractivity contribution in [2.75, 3.05) is 20.2 Å². The van der Waals surface area contributed by atoms with Gasteiger partial charge in [0.2, 0.25) is 5.91 Å². The zero-order valence-corrected chi connectivity index (χ0v) is 12.2. The van der Waals surface area contributed by atoms with Gasteiger partial charge in [-0.1, -0.05) is 33.6 Å². The van der Waals surface area contributed by atoms with Gasteiger partial charge in [-0.25, -0.2) is 0 Å². The van der Waals surface area contributed by atoms with Crippen LogP contribution in [0.4, 0.5) is 0 Å². The molecule has 0 rings (SSSR count). The molecule has 0 saturated carbocycles. The summed E-state index contributed by atoms with van der Waals surface area (Å²) in [6.07, 6.45) is 4.75. The number of methoxy groups -OCH3 is 1. The predicted molar refractivity (Wildman–Crippen MR) is 72.2 cm³/mol. The first-order valence-electron chi connectivity index (χ1n) is 6.96. The molecular weight excluding hydrogens is 230 g/mol. The summed E-state index contributed by atoms with van der Waals surface area (Å²) in [7, 11) is 1.35. The second-order valence-electron chi connectivity index (χ2n) is 4.58. The van der Waals surface area contributed by atoms with Crippen molar-refractivity contribution in [3.8, 4) is 0 Å². The van der Waals surface area contributed by atoms with Gasteiger partial charge in [-0.2, -0.15) is 0 Å². The predicted octanol–water partition coefficient (Wildman–Crippen LogP) is 2.61. The van der Waals surface area contributed by atoms with E-state index in [4.69, 9.17) is 0 Å². The molecule has 1 amide bonds. The molecule has 0 aromatic carbocycles. The van der Waals surface area contributed by atoms with Crippen LogP contribution in [0.15, 0.2) is 0 Å². The molecule has 4 heteroatoms. The van der Waals surface area contributed by atoms with Crippen LogP contribution in [-0.4, -0.2) is 37.0 Å². The quantitative estimate of drug-likeness (QED) is 0.596. The third-order valence-electron chi connectivity index (χ3n) is 3.10. The second kappa shape index (κ2) is 9.92. The Kier molecular flexibility index (Phi) is 9.33.